The number of nitrogens with zero attached hydrogens (tertiary/aromatic N) is 1. The van der Waals surface area contributed by atoms with Gasteiger partial charge in [0, 0.05) is 18.2 Å². The van der Waals surface area contributed by atoms with Crippen LogP contribution in [0.4, 0.5) is 15.0 Å². The van der Waals surface area contributed by atoms with Gasteiger partial charge in [0.25, 0.3) is 5.91 Å². The number of ether oxygens (including phenoxy) is 1. The number of Topliss-reactive ketones (excluding diaryl/α,β-unsaturated/α-hetero) is 1. The minimum atomic E-state index is -0.877. The van der Waals surface area contributed by atoms with E-state index in [9.17, 15) is 18.8 Å². The number of H-pyrrole nitrogens is 1. The second-order valence-electron chi connectivity index (χ2n) is 7.68. The molecule has 3 N–H and O–H groups in total. The number of rotatable bonds is 6. The topological polar surface area (TPSA) is 113 Å². The van der Waals surface area contributed by atoms with Crippen LogP contribution in [-0.4, -0.2) is 39.6 Å². The summed E-state index contributed by atoms with van der Waals surface area (Å²) in [5.74, 6) is -1.63. The molecule has 0 aliphatic carbocycles. The molecule has 1 aromatic carbocycles. The van der Waals surface area contributed by atoms with Gasteiger partial charge in [-0.1, -0.05) is 12.1 Å². The summed E-state index contributed by atoms with van der Waals surface area (Å²) in [6.07, 6.45) is -0.971. The first kappa shape index (κ1) is 22.1. The highest BCUT2D eigenvalue weighted by molar-refractivity contribution is 6.06. The Labute approximate surface area is 168 Å². The van der Waals surface area contributed by atoms with Gasteiger partial charge in [0.05, 0.1) is 11.6 Å². The monoisotopic (exact) mass is 404 g/mol. The van der Waals surface area contributed by atoms with Gasteiger partial charge in [0.15, 0.2) is 11.6 Å². The molecule has 0 aliphatic rings. The molecule has 1 aromatic heterocycles. The summed E-state index contributed by atoms with van der Waals surface area (Å²) >= 11 is 0. The number of ketones is 1. The van der Waals surface area contributed by atoms with Crippen molar-refractivity contribution in [3.8, 4) is 0 Å². The van der Waals surface area contributed by atoms with Gasteiger partial charge in [0.1, 0.15) is 11.4 Å². The van der Waals surface area contributed by atoms with E-state index in [1.807, 2.05) is 0 Å². The molecule has 0 spiro atoms. The Bertz CT molecular complexity index is 917. The van der Waals surface area contributed by atoms with Crippen molar-refractivity contribution >= 4 is 23.6 Å². The highest BCUT2D eigenvalue weighted by atomic mass is 19.1. The smallest absolute Gasteiger partial charge is 0.408 e. The molecular formula is C20H25FN4O4. The largest absolute Gasteiger partial charge is 0.444 e. The predicted octanol–water partition coefficient (Wildman–Crippen LogP) is 3.13. The summed E-state index contributed by atoms with van der Waals surface area (Å²) in [6, 6.07) is 4.76. The van der Waals surface area contributed by atoms with E-state index in [-0.39, 0.29) is 23.4 Å². The van der Waals surface area contributed by atoms with Crippen LogP contribution < -0.4 is 10.6 Å². The van der Waals surface area contributed by atoms with Crippen molar-refractivity contribution in [2.75, 3.05) is 5.32 Å². The molecule has 1 heterocycles. The van der Waals surface area contributed by atoms with Gasteiger partial charge in [0.2, 0.25) is 0 Å². The quantitative estimate of drug-likeness (QED) is 0.685. The highest BCUT2D eigenvalue weighted by Gasteiger charge is 2.24. The van der Waals surface area contributed by atoms with E-state index in [0.717, 1.165) is 11.8 Å². The Morgan fingerprint density at radius 3 is 2.55 bits per heavy atom. The average Bonchev–Trinajstić information content (AvgIpc) is 2.97. The van der Waals surface area contributed by atoms with E-state index < -0.39 is 35.2 Å². The number of aryl methyl sites for hydroxylation is 1. The number of nitrogens with one attached hydrogen (secondary N) is 3. The zero-order valence-corrected chi connectivity index (χ0v) is 17.1. The summed E-state index contributed by atoms with van der Waals surface area (Å²) in [6.45, 7) is 8.37. The van der Waals surface area contributed by atoms with Crippen molar-refractivity contribution in [1.29, 1.82) is 0 Å². The van der Waals surface area contributed by atoms with Crippen LogP contribution in [0.2, 0.25) is 0 Å². The van der Waals surface area contributed by atoms with Gasteiger partial charge >= 0.3 is 6.09 Å². The van der Waals surface area contributed by atoms with E-state index in [1.165, 1.54) is 19.1 Å². The van der Waals surface area contributed by atoms with E-state index in [4.69, 9.17) is 4.74 Å². The number of amides is 2. The van der Waals surface area contributed by atoms with Crippen LogP contribution >= 0.6 is 0 Å². The van der Waals surface area contributed by atoms with Crippen LogP contribution in [0.15, 0.2) is 24.3 Å². The highest BCUT2D eigenvalue weighted by Crippen LogP contribution is 2.18. The SMILES string of the molecule is Cc1cc(NC(=O)c2c(F)cccc2CC(=O)[C@H](C)NC(=O)OC(C)(C)C)n[nH]1. The molecule has 2 rings (SSSR count). The van der Waals surface area contributed by atoms with E-state index in [1.54, 1.807) is 33.8 Å². The summed E-state index contributed by atoms with van der Waals surface area (Å²) in [5.41, 5.74) is -0.0134. The standard InChI is InChI=1S/C20H25FN4O4/c1-11-9-16(25-24-11)23-18(27)17-13(7-6-8-14(17)21)10-15(26)12(2)22-19(28)29-20(3,4)5/h6-9,12H,10H2,1-5H3,(H,22,28)(H2,23,24,25,27)/t12-/m0/s1. The maximum atomic E-state index is 14.4. The van der Waals surface area contributed by atoms with Crippen molar-refractivity contribution in [3.63, 3.8) is 0 Å². The molecule has 9 heteroatoms. The number of anilines is 1. The lowest BCUT2D eigenvalue weighted by Crippen LogP contribution is -2.42. The number of benzene rings is 1. The minimum Gasteiger partial charge on any atom is -0.444 e. The number of hydrogen-bond acceptors (Lipinski definition) is 5. The van der Waals surface area contributed by atoms with Gasteiger partial charge in [-0.05, 0) is 46.2 Å². The fourth-order valence-electron chi connectivity index (χ4n) is 2.54. The molecule has 0 radical (unpaired) electrons. The average molecular weight is 404 g/mol. The van der Waals surface area contributed by atoms with Crippen LogP contribution in [-0.2, 0) is 16.0 Å². The Kier molecular flexibility index (Phi) is 6.73. The third kappa shape index (κ3) is 6.41. The van der Waals surface area contributed by atoms with Gasteiger partial charge < -0.3 is 15.4 Å². The van der Waals surface area contributed by atoms with Crippen LogP contribution in [0.5, 0.6) is 0 Å². The van der Waals surface area contributed by atoms with Crippen molar-refractivity contribution < 1.29 is 23.5 Å². The number of carbonyl (C=O) groups excluding carboxylic acids is 3. The Morgan fingerprint density at radius 1 is 1.28 bits per heavy atom. The van der Waals surface area contributed by atoms with Crippen molar-refractivity contribution in [2.24, 2.45) is 0 Å². The molecule has 0 saturated carbocycles. The lowest BCUT2D eigenvalue weighted by Gasteiger charge is -2.21. The molecule has 29 heavy (non-hydrogen) atoms. The molecule has 0 saturated heterocycles. The van der Waals surface area contributed by atoms with E-state index >= 15 is 0 Å². The normalized spacial score (nSPS) is 12.2. The zero-order valence-electron chi connectivity index (χ0n) is 17.1. The van der Waals surface area contributed by atoms with E-state index in [0.29, 0.717) is 0 Å². The van der Waals surface area contributed by atoms with Gasteiger partial charge in [-0.25, -0.2) is 9.18 Å². The third-order valence-electron chi connectivity index (χ3n) is 3.86. The molecule has 2 amide bonds. The molecular weight excluding hydrogens is 379 g/mol. The third-order valence-corrected chi connectivity index (χ3v) is 3.86. The number of aromatic amines is 1. The molecule has 156 valence electrons. The molecule has 0 bridgehead atoms. The van der Waals surface area contributed by atoms with Gasteiger partial charge in [-0.2, -0.15) is 5.10 Å². The lowest BCUT2D eigenvalue weighted by molar-refractivity contribution is -0.120. The maximum Gasteiger partial charge on any atom is 0.408 e. The lowest BCUT2D eigenvalue weighted by atomic mass is 9.98. The Hall–Kier alpha value is -3.23. The van der Waals surface area contributed by atoms with E-state index in [2.05, 4.69) is 20.8 Å². The first-order chi connectivity index (χ1) is 13.5. The minimum absolute atomic E-state index is 0.206. The fourth-order valence-corrected chi connectivity index (χ4v) is 2.54. The zero-order chi connectivity index (χ0) is 21.8. The number of carbonyl (C=O) groups is 3. The van der Waals surface area contributed by atoms with Crippen LogP contribution in [0.3, 0.4) is 0 Å². The number of halogens is 1. The second-order valence-corrected chi connectivity index (χ2v) is 7.68. The second kappa shape index (κ2) is 8.85. The summed E-state index contributed by atoms with van der Waals surface area (Å²) in [5, 5.41) is 11.5. The molecule has 0 unspecified atom stereocenters. The number of aromatic nitrogens is 2. The molecule has 0 fully saturated rings. The summed E-state index contributed by atoms with van der Waals surface area (Å²) in [4.78, 5) is 36.9. The maximum absolute atomic E-state index is 14.4. The molecule has 0 aliphatic heterocycles. The predicted molar refractivity (Wildman–Crippen MR) is 105 cm³/mol. The van der Waals surface area contributed by atoms with Crippen LogP contribution in [0, 0.1) is 12.7 Å². The van der Waals surface area contributed by atoms with Crippen molar-refractivity contribution in [3.05, 3.63) is 46.9 Å². The molecule has 8 nitrogen and oxygen atoms in total. The molecule has 1 atom stereocenters. The summed E-state index contributed by atoms with van der Waals surface area (Å²) in [7, 11) is 0. The van der Waals surface area contributed by atoms with Gasteiger partial charge in [-0.3, -0.25) is 14.7 Å². The van der Waals surface area contributed by atoms with Crippen molar-refractivity contribution in [2.45, 2.75) is 52.7 Å². The molecule has 2 aromatic rings. The van der Waals surface area contributed by atoms with Crippen LogP contribution in [0.25, 0.3) is 0 Å². The summed E-state index contributed by atoms with van der Waals surface area (Å²) < 4.78 is 19.5. The first-order valence-electron chi connectivity index (χ1n) is 9.09. The first-order valence-corrected chi connectivity index (χ1v) is 9.09. The Morgan fingerprint density at radius 2 is 1.97 bits per heavy atom. The van der Waals surface area contributed by atoms with Crippen LogP contribution in [0.1, 0.15) is 49.3 Å². The van der Waals surface area contributed by atoms with Gasteiger partial charge in [-0.15, -0.1) is 0 Å². The Balaban J connectivity index is 2.12. The van der Waals surface area contributed by atoms with Crippen molar-refractivity contribution in [1.82, 2.24) is 15.5 Å². The number of alkyl carbamates (subject to hydrolysis) is 1. The fraction of sp³-hybridized carbons (Fsp3) is 0.400. The number of hydrogen-bond donors (Lipinski definition) is 3.